The maximum absolute atomic E-state index is 11.8. The standard InChI is InChI=1S/C14H19N3O2S2/c1-10(2)14-15-13(9-20-14)11-6-5-7-12(8-11)16-21(18,19)17(3)4/h5-10,16H,1-4H3. The van der Waals surface area contributed by atoms with Gasteiger partial charge in [0.15, 0.2) is 0 Å². The maximum atomic E-state index is 11.8. The first kappa shape index (κ1) is 15.9. The van der Waals surface area contributed by atoms with Crippen molar-refractivity contribution in [3.63, 3.8) is 0 Å². The Kier molecular flexibility index (Phi) is 4.65. The first-order valence-electron chi connectivity index (χ1n) is 6.55. The van der Waals surface area contributed by atoms with Crippen LogP contribution in [0.5, 0.6) is 0 Å². The van der Waals surface area contributed by atoms with Gasteiger partial charge in [-0.05, 0) is 12.1 Å². The Morgan fingerprint density at radius 2 is 2.00 bits per heavy atom. The van der Waals surface area contributed by atoms with Gasteiger partial charge in [-0.3, -0.25) is 4.72 Å². The van der Waals surface area contributed by atoms with Crippen molar-refractivity contribution in [3.05, 3.63) is 34.7 Å². The van der Waals surface area contributed by atoms with Crippen molar-refractivity contribution in [3.8, 4) is 11.3 Å². The number of rotatable bonds is 5. The molecule has 0 radical (unpaired) electrons. The van der Waals surface area contributed by atoms with Crippen LogP contribution in [0.4, 0.5) is 5.69 Å². The quantitative estimate of drug-likeness (QED) is 0.918. The van der Waals surface area contributed by atoms with Crippen LogP contribution in [-0.4, -0.2) is 31.8 Å². The van der Waals surface area contributed by atoms with Crippen molar-refractivity contribution < 1.29 is 8.42 Å². The van der Waals surface area contributed by atoms with Gasteiger partial charge >= 0.3 is 10.2 Å². The van der Waals surface area contributed by atoms with E-state index in [1.165, 1.54) is 14.1 Å². The average Bonchev–Trinajstić information content (AvgIpc) is 2.88. The third-order valence-corrected chi connectivity index (χ3v) is 5.50. The second-order valence-corrected chi connectivity index (χ2v) is 7.97. The van der Waals surface area contributed by atoms with Gasteiger partial charge in [-0.2, -0.15) is 12.7 Å². The largest absolute Gasteiger partial charge is 0.301 e. The van der Waals surface area contributed by atoms with Gasteiger partial charge in [0.05, 0.1) is 16.4 Å². The van der Waals surface area contributed by atoms with Crippen LogP contribution in [0.25, 0.3) is 11.3 Å². The number of benzene rings is 1. The molecule has 2 aromatic rings. The Hall–Kier alpha value is -1.44. The van der Waals surface area contributed by atoms with E-state index in [2.05, 4.69) is 23.6 Å². The Morgan fingerprint density at radius 1 is 1.29 bits per heavy atom. The molecular weight excluding hydrogens is 306 g/mol. The fourth-order valence-electron chi connectivity index (χ4n) is 1.67. The fourth-order valence-corrected chi connectivity index (χ4v) is 3.12. The number of thiazole rings is 1. The Balaban J connectivity index is 2.29. The minimum atomic E-state index is -3.49. The van der Waals surface area contributed by atoms with Crippen LogP contribution < -0.4 is 4.72 Å². The normalized spacial score (nSPS) is 12.1. The summed E-state index contributed by atoms with van der Waals surface area (Å²) in [6.07, 6.45) is 0. The molecule has 0 saturated heterocycles. The molecule has 114 valence electrons. The van der Waals surface area contributed by atoms with Gasteiger partial charge in [-0.1, -0.05) is 26.0 Å². The average molecular weight is 325 g/mol. The summed E-state index contributed by atoms with van der Waals surface area (Å²) >= 11 is 1.62. The lowest BCUT2D eigenvalue weighted by Gasteiger charge is -2.13. The zero-order valence-corrected chi connectivity index (χ0v) is 14.1. The lowest BCUT2D eigenvalue weighted by Crippen LogP contribution is -2.28. The van der Waals surface area contributed by atoms with Crippen molar-refractivity contribution in [1.82, 2.24) is 9.29 Å². The predicted molar refractivity (Wildman–Crippen MR) is 87.9 cm³/mol. The minimum absolute atomic E-state index is 0.388. The lowest BCUT2D eigenvalue weighted by atomic mass is 10.1. The Bertz CT molecular complexity index is 721. The monoisotopic (exact) mass is 325 g/mol. The van der Waals surface area contributed by atoms with Crippen molar-refractivity contribution in [2.75, 3.05) is 18.8 Å². The van der Waals surface area contributed by atoms with E-state index in [-0.39, 0.29) is 0 Å². The molecule has 1 N–H and O–H groups in total. The van der Waals surface area contributed by atoms with Gasteiger partial charge in [0, 0.05) is 31.0 Å². The van der Waals surface area contributed by atoms with E-state index in [4.69, 9.17) is 0 Å². The van der Waals surface area contributed by atoms with Gasteiger partial charge in [-0.25, -0.2) is 4.98 Å². The summed E-state index contributed by atoms with van der Waals surface area (Å²) < 4.78 is 27.4. The van der Waals surface area contributed by atoms with E-state index in [0.29, 0.717) is 11.6 Å². The van der Waals surface area contributed by atoms with Crippen molar-refractivity contribution in [1.29, 1.82) is 0 Å². The summed E-state index contributed by atoms with van der Waals surface area (Å²) in [5, 5.41) is 3.07. The molecule has 1 aromatic carbocycles. The highest BCUT2D eigenvalue weighted by atomic mass is 32.2. The number of hydrogen-bond acceptors (Lipinski definition) is 4. The van der Waals surface area contributed by atoms with Crippen LogP contribution >= 0.6 is 11.3 Å². The van der Waals surface area contributed by atoms with E-state index in [0.717, 1.165) is 20.6 Å². The molecule has 0 aliphatic carbocycles. The summed E-state index contributed by atoms with van der Waals surface area (Å²) in [6, 6.07) is 7.25. The highest BCUT2D eigenvalue weighted by Gasteiger charge is 2.14. The molecule has 5 nitrogen and oxygen atoms in total. The third-order valence-electron chi connectivity index (χ3n) is 2.90. The van der Waals surface area contributed by atoms with Crippen LogP contribution in [0.2, 0.25) is 0 Å². The van der Waals surface area contributed by atoms with Crippen LogP contribution in [0, 0.1) is 0 Å². The van der Waals surface area contributed by atoms with E-state index in [1.54, 1.807) is 23.5 Å². The molecule has 0 unspecified atom stereocenters. The minimum Gasteiger partial charge on any atom is -0.271 e. The molecule has 2 rings (SSSR count). The molecule has 0 amide bonds. The number of anilines is 1. The number of nitrogens with zero attached hydrogens (tertiary/aromatic N) is 2. The van der Waals surface area contributed by atoms with E-state index in [1.807, 2.05) is 17.5 Å². The van der Waals surface area contributed by atoms with Crippen molar-refractivity contribution >= 4 is 27.2 Å². The van der Waals surface area contributed by atoms with Gasteiger partial charge in [-0.15, -0.1) is 11.3 Å². The molecule has 7 heteroatoms. The summed E-state index contributed by atoms with van der Waals surface area (Å²) in [5.74, 6) is 0.388. The number of hydrogen-bond donors (Lipinski definition) is 1. The van der Waals surface area contributed by atoms with Gasteiger partial charge in [0.25, 0.3) is 0 Å². The molecule has 0 aliphatic heterocycles. The molecule has 0 aliphatic rings. The van der Waals surface area contributed by atoms with E-state index < -0.39 is 10.2 Å². The summed E-state index contributed by atoms with van der Waals surface area (Å²) in [6.45, 7) is 4.20. The zero-order chi connectivity index (χ0) is 15.6. The fraction of sp³-hybridized carbons (Fsp3) is 0.357. The lowest BCUT2D eigenvalue weighted by molar-refractivity contribution is 0.527. The smallest absolute Gasteiger partial charge is 0.271 e. The van der Waals surface area contributed by atoms with E-state index >= 15 is 0 Å². The second-order valence-electron chi connectivity index (χ2n) is 5.20. The van der Waals surface area contributed by atoms with Gasteiger partial charge < -0.3 is 0 Å². The number of nitrogens with one attached hydrogen (secondary N) is 1. The molecule has 1 aromatic heterocycles. The van der Waals surface area contributed by atoms with Crippen molar-refractivity contribution in [2.45, 2.75) is 19.8 Å². The molecule has 0 fully saturated rings. The predicted octanol–water partition coefficient (Wildman–Crippen LogP) is 3.15. The van der Waals surface area contributed by atoms with Gasteiger partial charge in [0.2, 0.25) is 0 Å². The maximum Gasteiger partial charge on any atom is 0.301 e. The molecule has 0 atom stereocenters. The third kappa shape index (κ3) is 3.81. The Morgan fingerprint density at radius 3 is 2.57 bits per heavy atom. The van der Waals surface area contributed by atoms with Crippen LogP contribution in [0.1, 0.15) is 24.8 Å². The van der Waals surface area contributed by atoms with Crippen LogP contribution in [0.15, 0.2) is 29.6 Å². The molecule has 0 bridgehead atoms. The molecule has 1 heterocycles. The van der Waals surface area contributed by atoms with Gasteiger partial charge in [0.1, 0.15) is 0 Å². The second kappa shape index (κ2) is 6.13. The molecule has 0 saturated carbocycles. The molecular formula is C14H19N3O2S2. The zero-order valence-electron chi connectivity index (χ0n) is 12.5. The SMILES string of the molecule is CC(C)c1nc(-c2cccc(NS(=O)(=O)N(C)C)c2)cs1. The highest BCUT2D eigenvalue weighted by Crippen LogP contribution is 2.27. The first-order valence-corrected chi connectivity index (χ1v) is 8.87. The summed E-state index contributed by atoms with van der Waals surface area (Å²) in [5.41, 5.74) is 2.30. The van der Waals surface area contributed by atoms with Crippen LogP contribution in [-0.2, 0) is 10.2 Å². The molecule has 21 heavy (non-hydrogen) atoms. The summed E-state index contributed by atoms with van der Waals surface area (Å²) in [4.78, 5) is 4.58. The Labute approximate surface area is 129 Å². The highest BCUT2D eigenvalue weighted by molar-refractivity contribution is 7.90. The number of aromatic nitrogens is 1. The topological polar surface area (TPSA) is 62.3 Å². The van der Waals surface area contributed by atoms with E-state index in [9.17, 15) is 8.42 Å². The first-order chi connectivity index (χ1) is 9.79. The van der Waals surface area contributed by atoms with Crippen molar-refractivity contribution in [2.24, 2.45) is 0 Å². The molecule has 0 spiro atoms. The summed E-state index contributed by atoms with van der Waals surface area (Å²) in [7, 11) is -0.518. The van der Waals surface area contributed by atoms with Crippen LogP contribution in [0.3, 0.4) is 0 Å².